The van der Waals surface area contributed by atoms with E-state index in [1.54, 1.807) is 37.7 Å². The van der Waals surface area contributed by atoms with Gasteiger partial charge in [0, 0.05) is 4.47 Å². The third kappa shape index (κ3) is 6.81. The van der Waals surface area contributed by atoms with Crippen molar-refractivity contribution >= 4 is 39.3 Å². The van der Waals surface area contributed by atoms with Crippen molar-refractivity contribution in [2.75, 3.05) is 13.7 Å². The fourth-order valence-corrected chi connectivity index (χ4v) is 6.18. The molecular weight excluding hydrogens is 644 g/mol. The van der Waals surface area contributed by atoms with Gasteiger partial charge in [-0.15, -0.1) is 0 Å². The molecule has 0 spiro atoms. The van der Waals surface area contributed by atoms with Gasteiger partial charge in [-0.2, -0.15) is 0 Å². The lowest BCUT2D eigenvalue weighted by atomic mass is 9.95. The summed E-state index contributed by atoms with van der Waals surface area (Å²) in [4.78, 5) is 32.4. The summed E-state index contributed by atoms with van der Waals surface area (Å²) in [5.74, 6) is 1.27. The summed E-state index contributed by atoms with van der Waals surface area (Å²) in [7, 11) is 1.56. The molecule has 0 bridgehead atoms. The van der Waals surface area contributed by atoms with Crippen LogP contribution < -0.4 is 29.1 Å². The van der Waals surface area contributed by atoms with E-state index in [1.165, 1.54) is 11.3 Å². The smallest absolute Gasteiger partial charge is 0.338 e. The number of esters is 1. The second kappa shape index (κ2) is 13.7. The average molecular weight is 678 g/mol. The highest BCUT2D eigenvalue weighted by Gasteiger charge is 2.34. The van der Waals surface area contributed by atoms with Gasteiger partial charge in [0.25, 0.3) is 5.56 Å². The van der Waals surface area contributed by atoms with Crippen LogP contribution >= 0.6 is 27.3 Å². The molecule has 3 aromatic carbocycles. The van der Waals surface area contributed by atoms with Crippen LogP contribution in [-0.2, 0) is 16.1 Å². The van der Waals surface area contributed by atoms with E-state index in [2.05, 4.69) is 20.9 Å². The lowest BCUT2D eigenvalue weighted by Crippen LogP contribution is -2.40. The molecule has 8 nitrogen and oxygen atoms in total. The topological polar surface area (TPSA) is 88.4 Å². The second-order valence-electron chi connectivity index (χ2n) is 10.4. The fraction of sp³-hybridized carbons (Fsp3) is 0.265. The molecule has 0 amide bonds. The van der Waals surface area contributed by atoms with Gasteiger partial charge in [0.1, 0.15) is 12.4 Å². The summed E-state index contributed by atoms with van der Waals surface area (Å²) >= 11 is 4.71. The maximum Gasteiger partial charge on any atom is 0.338 e. The Labute approximate surface area is 268 Å². The highest BCUT2D eigenvalue weighted by atomic mass is 79.9. The molecule has 1 atom stereocenters. The van der Waals surface area contributed by atoms with Crippen LogP contribution in [0.5, 0.6) is 17.2 Å². The van der Waals surface area contributed by atoms with Crippen molar-refractivity contribution in [3.8, 4) is 17.2 Å². The minimum atomic E-state index is -0.760. The largest absolute Gasteiger partial charge is 0.493 e. The summed E-state index contributed by atoms with van der Waals surface area (Å²) in [5, 5.41) is 0. The van der Waals surface area contributed by atoms with Crippen LogP contribution in [0.15, 0.2) is 92.3 Å². The van der Waals surface area contributed by atoms with E-state index in [0.29, 0.717) is 44.3 Å². The molecule has 1 aliphatic heterocycles. The molecule has 4 aromatic rings. The summed E-state index contributed by atoms with van der Waals surface area (Å²) in [6, 6.07) is 20.2. The number of halogens is 1. The Kier molecular flexibility index (Phi) is 9.71. The maximum absolute atomic E-state index is 14.0. The summed E-state index contributed by atoms with van der Waals surface area (Å²) in [6.45, 7) is 8.01. The molecule has 2 heterocycles. The van der Waals surface area contributed by atoms with Crippen molar-refractivity contribution < 1.29 is 23.7 Å². The number of hydrogen-bond donors (Lipinski definition) is 0. The molecule has 1 aromatic heterocycles. The van der Waals surface area contributed by atoms with Crippen LogP contribution in [0.25, 0.3) is 6.08 Å². The SMILES string of the molecule is CCOC(=O)C1=C(C)N=c2s/c(=C\c3ccc(OCc4ccc(Br)cc4)cc3)c(=O)n2[C@@H]1c1ccc(OC(C)C)c(OC)c1. The zero-order valence-corrected chi connectivity index (χ0v) is 27.5. The fourth-order valence-electron chi connectivity index (χ4n) is 4.87. The summed E-state index contributed by atoms with van der Waals surface area (Å²) < 4.78 is 25.9. The molecule has 0 radical (unpaired) electrons. The molecule has 0 N–H and O–H groups in total. The van der Waals surface area contributed by atoms with Crippen LogP contribution in [0, 0.1) is 0 Å². The van der Waals surface area contributed by atoms with Gasteiger partial charge >= 0.3 is 5.97 Å². The Hall–Kier alpha value is -4.15. The normalized spacial score (nSPS) is 14.7. The zero-order valence-electron chi connectivity index (χ0n) is 25.1. The Bertz CT molecular complexity index is 1870. The number of methoxy groups -OCH3 is 1. The molecule has 228 valence electrons. The van der Waals surface area contributed by atoms with Gasteiger partial charge in [-0.1, -0.05) is 57.6 Å². The van der Waals surface area contributed by atoms with Crippen molar-refractivity contribution in [2.24, 2.45) is 4.99 Å². The molecule has 5 rings (SSSR count). The quantitative estimate of drug-likeness (QED) is 0.193. The van der Waals surface area contributed by atoms with E-state index in [0.717, 1.165) is 21.3 Å². The monoisotopic (exact) mass is 676 g/mol. The molecule has 1 aliphatic rings. The number of thiazole rings is 1. The summed E-state index contributed by atoms with van der Waals surface area (Å²) in [5.41, 5.74) is 3.11. The molecule has 0 unspecified atom stereocenters. The average Bonchev–Trinajstić information content (AvgIpc) is 3.30. The van der Waals surface area contributed by atoms with Crippen molar-refractivity contribution in [1.29, 1.82) is 0 Å². The Morgan fingerprint density at radius 2 is 1.80 bits per heavy atom. The summed E-state index contributed by atoms with van der Waals surface area (Å²) in [6.07, 6.45) is 1.76. The van der Waals surface area contributed by atoms with Crippen LogP contribution in [0.2, 0.25) is 0 Å². The number of carbonyl (C=O) groups is 1. The van der Waals surface area contributed by atoms with E-state index in [-0.39, 0.29) is 18.3 Å². The first-order valence-electron chi connectivity index (χ1n) is 14.2. The van der Waals surface area contributed by atoms with E-state index in [1.807, 2.05) is 74.5 Å². The van der Waals surface area contributed by atoms with Crippen LogP contribution in [0.1, 0.15) is 50.4 Å². The first-order chi connectivity index (χ1) is 21.2. The van der Waals surface area contributed by atoms with E-state index < -0.39 is 12.0 Å². The highest BCUT2D eigenvalue weighted by molar-refractivity contribution is 9.10. The number of carbonyl (C=O) groups excluding carboxylic acids is 1. The van der Waals surface area contributed by atoms with Crippen molar-refractivity contribution in [3.05, 3.63) is 119 Å². The molecule has 0 saturated carbocycles. The predicted octanol–water partition coefficient (Wildman–Crippen LogP) is 5.94. The van der Waals surface area contributed by atoms with Crippen molar-refractivity contribution in [3.63, 3.8) is 0 Å². The van der Waals surface area contributed by atoms with Gasteiger partial charge in [0.05, 0.1) is 41.7 Å². The first-order valence-corrected chi connectivity index (χ1v) is 15.8. The molecule has 44 heavy (non-hydrogen) atoms. The molecular formula is C34H33BrN2O6S. The van der Waals surface area contributed by atoms with Gasteiger partial charge in [0.2, 0.25) is 0 Å². The highest BCUT2D eigenvalue weighted by Crippen LogP contribution is 2.36. The number of hydrogen-bond acceptors (Lipinski definition) is 8. The lowest BCUT2D eigenvalue weighted by molar-refractivity contribution is -0.139. The molecule has 0 aliphatic carbocycles. The minimum absolute atomic E-state index is 0.0585. The third-order valence-electron chi connectivity index (χ3n) is 6.88. The van der Waals surface area contributed by atoms with E-state index in [4.69, 9.17) is 18.9 Å². The second-order valence-corrected chi connectivity index (χ2v) is 12.3. The van der Waals surface area contributed by atoms with Gasteiger partial charge in [-0.3, -0.25) is 9.36 Å². The first kappa shape index (κ1) is 31.3. The van der Waals surface area contributed by atoms with Gasteiger partial charge in [-0.25, -0.2) is 9.79 Å². The van der Waals surface area contributed by atoms with Crippen LogP contribution in [0.3, 0.4) is 0 Å². The standard InChI is InChI=1S/C34H33BrN2O6S/c1-6-41-33(39)30-21(4)36-34-37(31(30)24-11-16-27(43-20(2)3)28(18-24)40-5)32(38)29(44-34)17-22-9-14-26(15-10-22)42-19-23-7-12-25(35)13-8-23/h7-18,20,31H,6,19H2,1-5H3/b29-17-/t31-/m1/s1. The number of allylic oxidation sites excluding steroid dienone is 1. The third-order valence-corrected chi connectivity index (χ3v) is 8.39. The van der Waals surface area contributed by atoms with Crippen molar-refractivity contribution in [1.82, 2.24) is 4.57 Å². The van der Waals surface area contributed by atoms with Gasteiger partial charge < -0.3 is 18.9 Å². The number of benzene rings is 3. The van der Waals surface area contributed by atoms with E-state index >= 15 is 0 Å². The predicted molar refractivity (Wildman–Crippen MR) is 174 cm³/mol. The number of fused-ring (bicyclic) bond motifs is 1. The van der Waals surface area contributed by atoms with Crippen molar-refractivity contribution in [2.45, 2.75) is 46.4 Å². The van der Waals surface area contributed by atoms with Crippen LogP contribution in [-0.4, -0.2) is 30.4 Å². The Balaban J connectivity index is 1.52. The minimum Gasteiger partial charge on any atom is -0.493 e. The molecule has 10 heteroatoms. The molecule has 0 fully saturated rings. The van der Waals surface area contributed by atoms with Crippen LogP contribution in [0.4, 0.5) is 0 Å². The van der Waals surface area contributed by atoms with E-state index in [9.17, 15) is 9.59 Å². The Morgan fingerprint density at radius 1 is 1.07 bits per heavy atom. The molecule has 0 saturated heterocycles. The number of nitrogens with zero attached hydrogens (tertiary/aromatic N) is 2. The van der Waals surface area contributed by atoms with Gasteiger partial charge in [-0.05, 0) is 86.9 Å². The number of rotatable bonds is 10. The lowest BCUT2D eigenvalue weighted by Gasteiger charge is -2.25. The number of aromatic nitrogens is 1. The number of ether oxygens (including phenoxy) is 4. The van der Waals surface area contributed by atoms with Gasteiger partial charge in [0.15, 0.2) is 16.3 Å². The zero-order chi connectivity index (χ0) is 31.4. The maximum atomic E-state index is 14.0. The Morgan fingerprint density at radius 3 is 2.45 bits per heavy atom.